The molecule has 0 saturated heterocycles. The van der Waals surface area contributed by atoms with Gasteiger partial charge in [0.05, 0.1) is 11.1 Å². The molecule has 118 valence electrons. The van der Waals surface area contributed by atoms with E-state index in [9.17, 15) is 9.59 Å². The topological polar surface area (TPSA) is 112 Å². The van der Waals surface area contributed by atoms with Gasteiger partial charge in [0, 0.05) is 10.8 Å². The van der Waals surface area contributed by atoms with Crippen LogP contribution in [0.15, 0.2) is 57.4 Å². The molecule has 0 unspecified atom stereocenters. The molecule has 0 atom stereocenters. The third kappa shape index (κ3) is 1.90. The summed E-state index contributed by atoms with van der Waals surface area (Å²) in [6.45, 7) is 0. The van der Waals surface area contributed by atoms with E-state index >= 15 is 0 Å². The highest BCUT2D eigenvalue weighted by Gasteiger charge is 2.30. The molecule has 0 bridgehead atoms. The van der Waals surface area contributed by atoms with Gasteiger partial charge in [-0.15, -0.1) is 0 Å². The van der Waals surface area contributed by atoms with Crippen LogP contribution in [0.3, 0.4) is 0 Å². The first-order valence-corrected chi connectivity index (χ1v) is 7.21. The van der Waals surface area contributed by atoms with Crippen LogP contribution in [0.25, 0.3) is 21.9 Å². The smallest absolute Gasteiger partial charge is 0.239 e. The highest BCUT2D eigenvalue weighted by Crippen LogP contribution is 2.32. The van der Waals surface area contributed by atoms with Crippen LogP contribution in [0.2, 0.25) is 0 Å². The van der Waals surface area contributed by atoms with Gasteiger partial charge in [0.1, 0.15) is 11.2 Å². The molecule has 0 fully saturated rings. The third-order valence-corrected chi connectivity index (χ3v) is 3.91. The fourth-order valence-electron chi connectivity index (χ4n) is 2.82. The second-order valence-electron chi connectivity index (χ2n) is 5.33. The maximum absolute atomic E-state index is 12.7. The Bertz CT molecular complexity index is 1030. The number of carbonyl (C=O) groups is 2. The lowest BCUT2D eigenvalue weighted by molar-refractivity contribution is 0.0819. The van der Waals surface area contributed by atoms with Crippen LogP contribution in [-0.4, -0.2) is 11.6 Å². The summed E-state index contributed by atoms with van der Waals surface area (Å²) in [5.41, 5.74) is 12.6. The molecule has 24 heavy (non-hydrogen) atoms. The van der Waals surface area contributed by atoms with Crippen molar-refractivity contribution in [3.05, 3.63) is 59.7 Å². The van der Waals surface area contributed by atoms with E-state index < -0.39 is 11.6 Å². The quantitative estimate of drug-likeness (QED) is 0.442. The zero-order valence-corrected chi connectivity index (χ0v) is 12.4. The van der Waals surface area contributed by atoms with Crippen molar-refractivity contribution < 1.29 is 18.4 Å². The Morgan fingerprint density at radius 3 is 1.46 bits per heavy atom. The molecule has 2 aromatic carbocycles. The summed E-state index contributed by atoms with van der Waals surface area (Å²) in [6.07, 6.45) is 0. The predicted molar refractivity (Wildman–Crippen MR) is 89.9 cm³/mol. The van der Waals surface area contributed by atoms with Crippen molar-refractivity contribution in [2.24, 2.45) is 0 Å². The summed E-state index contributed by atoms with van der Waals surface area (Å²) in [7, 11) is 0. The van der Waals surface area contributed by atoms with Crippen LogP contribution in [-0.2, 0) is 0 Å². The van der Waals surface area contributed by atoms with Crippen LogP contribution < -0.4 is 11.5 Å². The summed E-state index contributed by atoms with van der Waals surface area (Å²) >= 11 is 0. The zero-order valence-electron chi connectivity index (χ0n) is 12.4. The lowest BCUT2D eigenvalue weighted by Crippen LogP contribution is -2.16. The molecule has 6 heteroatoms. The van der Waals surface area contributed by atoms with Crippen molar-refractivity contribution in [2.75, 3.05) is 11.5 Å². The van der Waals surface area contributed by atoms with Crippen molar-refractivity contribution >= 4 is 45.3 Å². The van der Waals surface area contributed by atoms with E-state index in [2.05, 4.69) is 0 Å². The first-order chi connectivity index (χ1) is 11.6. The number of fused-ring (bicyclic) bond motifs is 2. The molecule has 2 aromatic heterocycles. The maximum Gasteiger partial charge on any atom is 0.239 e. The number of anilines is 2. The predicted octanol–water partition coefficient (Wildman–Crippen LogP) is 3.41. The van der Waals surface area contributed by atoms with Crippen molar-refractivity contribution in [2.45, 2.75) is 0 Å². The lowest BCUT2D eigenvalue weighted by atomic mass is 9.99. The summed E-state index contributed by atoms with van der Waals surface area (Å²) in [6, 6.07) is 13.7. The van der Waals surface area contributed by atoms with Crippen LogP contribution in [0.4, 0.5) is 11.8 Å². The van der Waals surface area contributed by atoms with E-state index in [0.29, 0.717) is 21.9 Å². The van der Waals surface area contributed by atoms with Crippen LogP contribution in [0.1, 0.15) is 20.7 Å². The van der Waals surface area contributed by atoms with Gasteiger partial charge in [0.15, 0.2) is 0 Å². The Hall–Kier alpha value is -3.54. The van der Waals surface area contributed by atoms with Gasteiger partial charge in [-0.3, -0.25) is 9.59 Å². The van der Waals surface area contributed by atoms with Crippen molar-refractivity contribution in [1.29, 1.82) is 0 Å². The first-order valence-electron chi connectivity index (χ1n) is 7.21. The standard InChI is InChI=1S/C18H12N2O4/c19-17-13(9-5-1-3-7-11(9)23-17)15(21)16(22)14-10-6-2-4-8-12(10)24-18(14)20/h1-8H,19-20H2. The van der Waals surface area contributed by atoms with Gasteiger partial charge in [-0.2, -0.15) is 0 Å². The van der Waals surface area contributed by atoms with Gasteiger partial charge >= 0.3 is 0 Å². The van der Waals surface area contributed by atoms with Crippen molar-refractivity contribution in [3.63, 3.8) is 0 Å². The number of para-hydroxylation sites is 2. The minimum absolute atomic E-state index is 0.0419. The molecule has 4 aromatic rings. The molecule has 4 N–H and O–H groups in total. The van der Waals surface area contributed by atoms with Gasteiger partial charge in [0.25, 0.3) is 0 Å². The molecule has 0 amide bonds. The monoisotopic (exact) mass is 320 g/mol. The molecule has 0 aliphatic carbocycles. The Morgan fingerprint density at radius 2 is 1.04 bits per heavy atom. The van der Waals surface area contributed by atoms with Gasteiger partial charge in [-0.25, -0.2) is 0 Å². The van der Waals surface area contributed by atoms with E-state index in [-0.39, 0.29) is 22.9 Å². The van der Waals surface area contributed by atoms with Crippen LogP contribution in [0.5, 0.6) is 0 Å². The molecule has 2 heterocycles. The average molecular weight is 320 g/mol. The fraction of sp³-hybridized carbons (Fsp3) is 0. The maximum atomic E-state index is 12.7. The van der Waals surface area contributed by atoms with Gasteiger partial charge in [-0.1, -0.05) is 36.4 Å². The lowest BCUT2D eigenvalue weighted by Gasteiger charge is -1.99. The second kappa shape index (κ2) is 4.99. The number of ketones is 2. The highest BCUT2D eigenvalue weighted by atomic mass is 16.4. The Balaban J connectivity index is 1.88. The molecular weight excluding hydrogens is 308 g/mol. The number of Topliss-reactive ketones (excluding diaryl/α,β-unsaturated/α-hetero) is 2. The molecular formula is C18H12N2O4. The number of nitrogens with two attached hydrogens (primary N) is 2. The van der Waals surface area contributed by atoms with Gasteiger partial charge in [0.2, 0.25) is 23.3 Å². The summed E-state index contributed by atoms with van der Waals surface area (Å²) in [5, 5.41) is 0.972. The van der Waals surface area contributed by atoms with Gasteiger partial charge < -0.3 is 20.3 Å². The number of benzene rings is 2. The molecule has 0 aliphatic heterocycles. The van der Waals surface area contributed by atoms with Crippen LogP contribution in [0, 0.1) is 0 Å². The molecule has 6 nitrogen and oxygen atoms in total. The largest absolute Gasteiger partial charge is 0.440 e. The molecule has 4 rings (SSSR count). The first kappa shape index (κ1) is 14.1. The minimum atomic E-state index is -0.782. The Kier molecular flexibility index (Phi) is 2.93. The summed E-state index contributed by atoms with van der Waals surface area (Å²) < 4.78 is 10.7. The highest BCUT2D eigenvalue weighted by molar-refractivity contribution is 6.53. The van der Waals surface area contributed by atoms with Crippen LogP contribution >= 0.6 is 0 Å². The number of rotatable bonds is 3. The fourth-order valence-corrected chi connectivity index (χ4v) is 2.82. The van der Waals surface area contributed by atoms with E-state index in [1.54, 1.807) is 48.5 Å². The van der Waals surface area contributed by atoms with E-state index in [1.165, 1.54) is 0 Å². The molecule has 0 radical (unpaired) electrons. The zero-order chi connectivity index (χ0) is 16.8. The van der Waals surface area contributed by atoms with E-state index in [0.717, 1.165) is 0 Å². The average Bonchev–Trinajstić information content (AvgIpc) is 3.08. The number of carbonyl (C=O) groups excluding carboxylic acids is 2. The van der Waals surface area contributed by atoms with E-state index in [1.807, 2.05) is 0 Å². The molecule has 0 saturated carbocycles. The number of hydrogen-bond acceptors (Lipinski definition) is 6. The number of furan rings is 2. The molecule has 0 aliphatic rings. The Morgan fingerprint density at radius 1 is 0.667 bits per heavy atom. The van der Waals surface area contributed by atoms with Crippen molar-refractivity contribution in [3.8, 4) is 0 Å². The normalized spacial score (nSPS) is 11.2. The van der Waals surface area contributed by atoms with Crippen molar-refractivity contribution in [1.82, 2.24) is 0 Å². The third-order valence-electron chi connectivity index (χ3n) is 3.91. The number of hydrogen-bond donors (Lipinski definition) is 2. The Labute approximate surface area is 135 Å². The summed E-state index contributed by atoms with van der Waals surface area (Å²) in [5.74, 6) is -1.76. The number of nitrogen functional groups attached to an aromatic ring is 2. The van der Waals surface area contributed by atoms with Gasteiger partial charge in [-0.05, 0) is 12.1 Å². The molecule has 0 spiro atoms. The summed E-state index contributed by atoms with van der Waals surface area (Å²) in [4.78, 5) is 25.5. The van der Waals surface area contributed by atoms with E-state index in [4.69, 9.17) is 20.3 Å². The minimum Gasteiger partial charge on any atom is -0.440 e. The second-order valence-corrected chi connectivity index (χ2v) is 5.33. The SMILES string of the molecule is Nc1oc2ccccc2c1C(=O)C(=O)c1c(N)oc2ccccc12.